The Morgan fingerprint density at radius 1 is 1.00 bits per heavy atom. The Morgan fingerprint density at radius 3 is 2.43 bits per heavy atom. The first-order chi connectivity index (χ1) is 14.3. The molecular formula is C25H24ClNO3. The summed E-state index contributed by atoms with van der Waals surface area (Å²) in [6.45, 7) is 4.13. The third kappa shape index (κ3) is 3.63. The molecule has 0 radical (unpaired) electrons. The Hall–Kier alpha value is -2.98. The first-order valence-corrected chi connectivity index (χ1v) is 10.5. The van der Waals surface area contributed by atoms with Crippen LogP contribution in [0, 0.1) is 6.92 Å². The van der Waals surface area contributed by atoms with Gasteiger partial charge in [-0.1, -0.05) is 36.7 Å². The van der Waals surface area contributed by atoms with Crippen LogP contribution < -0.4 is 5.32 Å². The van der Waals surface area contributed by atoms with Crippen molar-refractivity contribution in [2.24, 2.45) is 0 Å². The molecule has 5 heteroatoms. The number of anilines is 1. The number of aryl methyl sites for hydroxylation is 2. The first kappa shape index (κ1) is 20.3. The van der Waals surface area contributed by atoms with E-state index < -0.39 is 5.41 Å². The molecule has 1 aliphatic rings. The normalized spacial score (nSPS) is 14.4. The van der Waals surface area contributed by atoms with E-state index >= 15 is 0 Å². The molecule has 30 heavy (non-hydrogen) atoms. The molecule has 0 aliphatic heterocycles. The third-order valence-corrected chi connectivity index (χ3v) is 6.27. The summed E-state index contributed by atoms with van der Waals surface area (Å²) in [6, 6.07) is 16.4. The van der Waals surface area contributed by atoms with Crippen LogP contribution in [0.25, 0.3) is 11.1 Å². The number of phenols is 2. The maximum absolute atomic E-state index is 13.1. The second kappa shape index (κ2) is 7.69. The number of hydrogen-bond donors (Lipinski definition) is 3. The summed E-state index contributed by atoms with van der Waals surface area (Å²) >= 11 is 6.48. The topological polar surface area (TPSA) is 69.6 Å². The van der Waals surface area contributed by atoms with E-state index in [1.807, 2.05) is 37.3 Å². The van der Waals surface area contributed by atoms with Crippen molar-refractivity contribution >= 4 is 23.2 Å². The van der Waals surface area contributed by atoms with Gasteiger partial charge in [0.1, 0.15) is 0 Å². The molecule has 0 aromatic heterocycles. The molecule has 0 bridgehead atoms. The lowest BCUT2D eigenvalue weighted by Gasteiger charge is -2.18. The van der Waals surface area contributed by atoms with E-state index in [9.17, 15) is 15.0 Å². The molecule has 1 fully saturated rings. The number of hydrogen-bond acceptors (Lipinski definition) is 3. The van der Waals surface area contributed by atoms with Gasteiger partial charge >= 0.3 is 0 Å². The van der Waals surface area contributed by atoms with E-state index in [0.29, 0.717) is 29.1 Å². The second-order valence-electron chi connectivity index (χ2n) is 7.94. The monoisotopic (exact) mass is 421 g/mol. The zero-order valence-electron chi connectivity index (χ0n) is 17.0. The van der Waals surface area contributed by atoms with Crippen LogP contribution in [0.5, 0.6) is 11.5 Å². The predicted octanol–water partition coefficient (Wildman–Crippen LogP) is 5.96. The van der Waals surface area contributed by atoms with Gasteiger partial charge in [0.15, 0.2) is 11.5 Å². The molecule has 154 valence electrons. The van der Waals surface area contributed by atoms with Crippen molar-refractivity contribution in [1.82, 2.24) is 0 Å². The van der Waals surface area contributed by atoms with E-state index in [0.717, 1.165) is 23.1 Å². The maximum Gasteiger partial charge on any atom is 0.235 e. The number of phenolic OH excluding ortho intramolecular Hbond substituents is 2. The second-order valence-corrected chi connectivity index (χ2v) is 8.34. The van der Waals surface area contributed by atoms with Crippen LogP contribution in [0.15, 0.2) is 54.6 Å². The maximum atomic E-state index is 13.1. The quantitative estimate of drug-likeness (QED) is 0.445. The van der Waals surface area contributed by atoms with Gasteiger partial charge in [0.05, 0.1) is 5.41 Å². The minimum Gasteiger partial charge on any atom is -0.504 e. The standard InChI is InChI=1S/C25H24ClNO3/c1-3-16-5-8-21(26)20(12-16)19-14-18(7-4-15(19)2)27-24(30)25(10-11-25)17-6-9-22(28)23(29)13-17/h4-9,12-14,28-29H,3,10-11H2,1-2H3,(H,27,30). The first-order valence-electron chi connectivity index (χ1n) is 10.1. The lowest BCUT2D eigenvalue weighted by atomic mass is 9.94. The Labute approximate surface area is 181 Å². The van der Waals surface area contributed by atoms with Crippen LogP contribution in [0.1, 0.15) is 36.5 Å². The molecule has 1 saturated carbocycles. The number of benzene rings is 3. The van der Waals surface area contributed by atoms with Crippen molar-refractivity contribution in [3.63, 3.8) is 0 Å². The molecule has 0 atom stereocenters. The van der Waals surface area contributed by atoms with Gasteiger partial charge in [0, 0.05) is 16.3 Å². The molecule has 1 aliphatic carbocycles. The lowest BCUT2D eigenvalue weighted by molar-refractivity contribution is -0.118. The molecule has 4 nitrogen and oxygen atoms in total. The molecule has 0 heterocycles. The SMILES string of the molecule is CCc1ccc(Cl)c(-c2cc(NC(=O)C3(c4ccc(O)c(O)c4)CC3)ccc2C)c1. The summed E-state index contributed by atoms with van der Waals surface area (Å²) in [5.41, 5.74) is 4.96. The van der Waals surface area contributed by atoms with Gasteiger partial charge in [-0.25, -0.2) is 0 Å². The van der Waals surface area contributed by atoms with Gasteiger partial charge in [-0.3, -0.25) is 4.79 Å². The van der Waals surface area contributed by atoms with E-state index in [4.69, 9.17) is 11.6 Å². The fourth-order valence-corrected chi connectivity index (χ4v) is 4.05. The van der Waals surface area contributed by atoms with Gasteiger partial charge in [-0.05, 0) is 84.8 Å². The summed E-state index contributed by atoms with van der Waals surface area (Å²) in [4.78, 5) is 13.1. The van der Waals surface area contributed by atoms with Crippen molar-refractivity contribution in [1.29, 1.82) is 0 Å². The molecule has 1 amide bonds. The van der Waals surface area contributed by atoms with Crippen molar-refractivity contribution in [3.8, 4) is 22.6 Å². The van der Waals surface area contributed by atoms with Gasteiger partial charge in [-0.15, -0.1) is 0 Å². The summed E-state index contributed by atoms with van der Waals surface area (Å²) in [5.74, 6) is -0.519. The average Bonchev–Trinajstić information content (AvgIpc) is 3.54. The number of rotatable bonds is 5. The number of halogens is 1. The Kier molecular flexibility index (Phi) is 5.20. The third-order valence-electron chi connectivity index (χ3n) is 5.94. The Morgan fingerprint density at radius 2 is 1.77 bits per heavy atom. The van der Waals surface area contributed by atoms with Crippen molar-refractivity contribution in [2.45, 2.75) is 38.5 Å². The highest BCUT2D eigenvalue weighted by molar-refractivity contribution is 6.33. The molecular weight excluding hydrogens is 398 g/mol. The zero-order chi connectivity index (χ0) is 21.5. The highest BCUT2D eigenvalue weighted by atomic mass is 35.5. The van der Waals surface area contributed by atoms with Crippen LogP contribution in [0.4, 0.5) is 5.69 Å². The summed E-state index contributed by atoms with van der Waals surface area (Å²) in [6.07, 6.45) is 2.32. The van der Waals surface area contributed by atoms with Gasteiger partial charge < -0.3 is 15.5 Å². The van der Waals surface area contributed by atoms with Crippen LogP contribution in [0.3, 0.4) is 0 Å². The van der Waals surface area contributed by atoms with Crippen molar-refractivity contribution in [2.75, 3.05) is 5.32 Å². The number of carbonyl (C=O) groups is 1. The molecule has 3 aromatic rings. The molecule has 3 aromatic carbocycles. The van der Waals surface area contributed by atoms with E-state index in [1.54, 1.807) is 6.07 Å². The van der Waals surface area contributed by atoms with Gasteiger partial charge in [0.25, 0.3) is 0 Å². The summed E-state index contributed by atoms with van der Waals surface area (Å²) < 4.78 is 0. The molecule has 0 spiro atoms. The highest BCUT2D eigenvalue weighted by Crippen LogP contribution is 2.50. The fourth-order valence-electron chi connectivity index (χ4n) is 3.83. The van der Waals surface area contributed by atoms with Crippen molar-refractivity contribution < 1.29 is 15.0 Å². The van der Waals surface area contributed by atoms with Crippen LogP contribution in [0.2, 0.25) is 5.02 Å². The van der Waals surface area contributed by atoms with E-state index in [-0.39, 0.29) is 17.4 Å². The van der Waals surface area contributed by atoms with Gasteiger partial charge in [-0.2, -0.15) is 0 Å². The molecule has 0 unspecified atom stereocenters. The number of carbonyl (C=O) groups excluding carboxylic acids is 1. The van der Waals surface area contributed by atoms with Crippen molar-refractivity contribution in [3.05, 3.63) is 76.3 Å². The fraction of sp³-hybridized carbons (Fsp3) is 0.240. The largest absolute Gasteiger partial charge is 0.504 e. The summed E-state index contributed by atoms with van der Waals surface area (Å²) in [7, 11) is 0. The average molecular weight is 422 g/mol. The van der Waals surface area contributed by atoms with Crippen LogP contribution in [-0.2, 0) is 16.6 Å². The highest BCUT2D eigenvalue weighted by Gasteiger charge is 2.51. The Balaban J connectivity index is 1.64. The number of aromatic hydroxyl groups is 2. The Bertz CT molecular complexity index is 1140. The zero-order valence-corrected chi connectivity index (χ0v) is 17.8. The van der Waals surface area contributed by atoms with Crippen LogP contribution >= 0.6 is 11.6 Å². The minimum atomic E-state index is -0.671. The van der Waals surface area contributed by atoms with Crippen LogP contribution in [-0.4, -0.2) is 16.1 Å². The molecule has 4 rings (SSSR count). The van der Waals surface area contributed by atoms with Gasteiger partial charge in [0.2, 0.25) is 5.91 Å². The molecule has 3 N–H and O–H groups in total. The summed E-state index contributed by atoms with van der Waals surface area (Å²) in [5, 5.41) is 23.1. The van der Waals surface area contributed by atoms with E-state index in [2.05, 4.69) is 18.3 Å². The minimum absolute atomic E-state index is 0.115. The molecule has 0 saturated heterocycles. The predicted molar refractivity (Wildman–Crippen MR) is 120 cm³/mol. The number of nitrogens with one attached hydrogen (secondary N) is 1. The smallest absolute Gasteiger partial charge is 0.235 e. The lowest BCUT2D eigenvalue weighted by Crippen LogP contribution is -2.27. The van der Waals surface area contributed by atoms with E-state index in [1.165, 1.54) is 17.7 Å². The number of amides is 1.